The third kappa shape index (κ3) is 4.02. The van der Waals surface area contributed by atoms with Gasteiger partial charge in [-0.25, -0.2) is 0 Å². The first-order valence-corrected chi connectivity index (χ1v) is 8.76. The summed E-state index contributed by atoms with van der Waals surface area (Å²) < 4.78 is 10.5. The third-order valence-electron chi connectivity index (χ3n) is 4.64. The van der Waals surface area contributed by atoms with Gasteiger partial charge in [-0.3, -0.25) is 14.6 Å². The summed E-state index contributed by atoms with van der Waals surface area (Å²) in [6.45, 7) is 3.83. The monoisotopic (exact) mass is 369 g/mol. The topological polar surface area (TPSA) is 72.0 Å². The predicted molar refractivity (Wildman–Crippen MR) is 100 cm³/mol. The number of hydrogen-bond acceptors (Lipinski definition) is 5. The van der Waals surface area contributed by atoms with Gasteiger partial charge in [0.2, 0.25) is 0 Å². The van der Waals surface area contributed by atoms with Crippen LogP contribution in [0.1, 0.15) is 26.4 Å². The van der Waals surface area contributed by atoms with Crippen molar-refractivity contribution in [3.63, 3.8) is 0 Å². The minimum atomic E-state index is -0.0833. The Morgan fingerprint density at radius 2 is 1.41 bits per heavy atom. The second-order valence-electron chi connectivity index (χ2n) is 6.34. The molecular formula is C20H23N3O4. The summed E-state index contributed by atoms with van der Waals surface area (Å²) in [7, 11) is 3.09. The third-order valence-corrected chi connectivity index (χ3v) is 4.64. The van der Waals surface area contributed by atoms with Gasteiger partial charge in [0.25, 0.3) is 11.8 Å². The van der Waals surface area contributed by atoms with Gasteiger partial charge in [-0.15, -0.1) is 0 Å². The Labute approximate surface area is 158 Å². The molecule has 1 aliphatic rings. The number of pyridine rings is 1. The summed E-state index contributed by atoms with van der Waals surface area (Å²) in [5, 5.41) is 0. The van der Waals surface area contributed by atoms with Crippen LogP contribution in [0.4, 0.5) is 0 Å². The Balaban J connectivity index is 1.64. The van der Waals surface area contributed by atoms with Crippen molar-refractivity contribution in [3.8, 4) is 11.5 Å². The molecule has 142 valence electrons. The molecule has 1 aliphatic heterocycles. The van der Waals surface area contributed by atoms with Gasteiger partial charge in [0.15, 0.2) is 11.5 Å². The Morgan fingerprint density at radius 1 is 0.852 bits per heavy atom. The highest BCUT2D eigenvalue weighted by molar-refractivity contribution is 5.96. The molecule has 0 unspecified atom stereocenters. The maximum atomic E-state index is 12.8. The lowest BCUT2D eigenvalue weighted by Crippen LogP contribution is -2.50. The van der Waals surface area contributed by atoms with E-state index in [1.54, 1.807) is 47.4 Å². The predicted octanol–water partition coefficient (Wildman–Crippen LogP) is 2.01. The van der Waals surface area contributed by atoms with Gasteiger partial charge in [-0.2, -0.15) is 0 Å². The van der Waals surface area contributed by atoms with E-state index in [0.717, 1.165) is 5.69 Å². The quantitative estimate of drug-likeness (QED) is 0.824. The SMILES string of the molecule is COc1ccc(C(=O)N2CCN(C(=O)c3ccc(C)nc3)CC2)cc1OC. The van der Waals surface area contributed by atoms with E-state index < -0.39 is 0 Å². The first-order valence-electron chi connectivity index (χ1n) is 8.76. The second-order valence-corrected chi connectivity index (χ2v) is 6.34. The molecule has 1 fully saturated rings. The number of benzene rings is 1. The number of methoxy groups -OCH3 is 2. The summed E-state index contributed by atoms with van der Waals surface area (Å²) in [4.78, 5) is 33.0. The molecular weight excluding hydrogens is 346 g/mol. The highest BCUT2D eigenvalue weighted by Gasteiger charge is 2.26. The molecule has 0 saturated carbocycles. The summed E-state index contributed by atoms with van der Waals surface area (Å²) in [5.74, 6) is 0.959. The number of amides is 2. The van der Waals surface area contributed by atoms with Crippen LogP contribution in [0.5, 0.6) is 11.5 Å². The first kappa shape index (κ1) is 18.7. The van der Waals surface area contributed by atoms with Crippen molar-refractivity contribution in [2.75, 3.05) is 40.4 Å². The van der Waals surface area contributed by atoms with E-state index >= 15 is 0 Å². The minimum Gasteiger partial charge on any atom is -0.493 e. The van der Waals surface area contributed by atoms with Crippen molar-refractivity contribution in [3.05, 3.63) is 53.3 Å². The number of carbonyl (C=O) groups is 2. The number of ether oxygens (including phenoxy) is 2. The van der Waals surface area contributed by atoms with Gasteiger partial charge in [0, 0.05) is 43.6 Å². The van der Waals surface area contributed by atoms with Gasteiger partial charge in [-0.1, -0.05) is 0 Å². The lowest BCUT2D eigenvalue weighted by atomic mass is 10.1. The van der Waals surface area contributed by atoms with Crippen molar-refractivity contribution in [1.29, 1.82) is 0 Å². The molecule has 0 spiro atoms. The molecule has 1 aromatic carbocycles. The lowest BCUT2D eigenvalue weighted by Gasteiger charge is -2.34. The molecule has 2 amide bonds. The van der Waals surface area contributed by atoms with Crippen LogP contribution in [-0.2, 0) is 0 Å². The van der Waals surface area contributed by atoms with Crippen molar-refractivity contribution in [2.24, 2.45) is 0 Å². The standard InChI is InChI=1S/C20H23N3O4/c1-14-4-5-16(13-21-14)20(25)23-10-8-22(9-11-23)19(24)15-6-7-17(26-2)18(12-15)27-3/h4-7,12-13H,8-11H2,1-3H3. The molecule has 1 saturated heterocycles. The van der Waals surface area contributed by atoms with Gasteiger partial charge in [-0.05, 0) is 37.3 Å². The first-order chi connectivity index (χ1) is 13.0. The van der Waals surface area contributed by atoms with Crippen molar-refractivity contribution < 1.29 is 19.1 Å². The van der Waals surface area contributed by atoms with E-state index in [0.29, 0.717) is 48.8 Å². The molecule has 27 heavy (non-hydrogen) atoms. The number of piperazine rings is 1. The minimum absolute atomic E-state index is 0.0549. The average Bonchev–Trinajstić information content (AvgIpc) is 2.72. The fourth-order valence-corrected chi connectivity index (χ4v) is 3.04. The van der Waals surface area contributed by atoms with Crippen molar-refractivity contribution >= 4 is 11.8 Å². The lowest BCUT2D eigenvalue weighted by molar-refractivity contribution is 0.0535. The summed E-state index contributed by atoms with van der Waals surface area (Å²) >= 11 is 0. The highest BCUT2D eigenvalue weighted by Crippen LogP contribution is 2.28. The Kier molecular flexibility index (Phi) is 5.59. The Bertz CT molecular complexity index is 828. The number of nitrogens with zero attached hydrogens (tertiary/aromatic N) is 3. The molecule has 2 aromatic rings. The molecule has 3 rings (SSSR count). The summed E-state index contributed by atoms with van der Waals surface area (Å²) in [5.41, 5.74) is 1.98. The molecule has 0 bridgehead atoms. The number of aromatic nitrogens is 1. The largest absolute Gasteiger partial charge is 0.493 e. The molecule has 0 N–H and O–H groups in total. The summed E-state index contributed by atoms with van der Waals surface area (Å²) in [6, 6.07) is 8.72. The molecule has 0 aliphatic carbocycles. The van der Waals surface area contributed by atoms with Gasteiger partial charge in [0.05, 0.1) is 19.8 Å². The van der Waals surface area contributed by atoms with E-state index in [-0.39, 0.29) is 11.8 Å². The Morgan fingerprint density at radius 3 is 1.93 bits per heavy atom. The molecule has 7 heteroatoms. The smallest absolute Gasteiger partial charge is 0.255 e. The molecule has 1 aromatic heterocycles. The van der Waals surface area contributed by atoms with E-state index in [2.05, 4.69) is 4.98 Å². The van der Waals surface area contributed by atoms with E-state index in [4.69, 9.17) is 9.47 Å². The van der Waals surface area contributed by atoms with Gasteiger partial charge < -0.3 is 19.3 Å². The number of rotatable bonds is 4. The molecule has 7 nitrogen and oxygen atoms in total. The maximum absolute atomic E-state index is 12.8. The van der Waals surface area contributed by atoms with Crippen LogP contribution in [-0.4, -0.2) is 67.0 Å². The maximum Gasteiger partial charge on any atom is 0.255 e. The zero-order valence-electron chi connectivity index (χ0n) is 15.8. The van der Waals surface area contributed by atoms with Crippen LogP contribution in [0, 0.1) is 6.92 Å². The van der Waals surface area contributed by atoms with Crippen LogP contribution in [0.3, 0.4) is 0 Å². The normalized spacial score (nSPS) is 14.0. The zero-order chi connectivity index (χ0) is 19.4. The van der Waals surface area contributed by atoms with Crippen LogP contribution in [0.15, 0.2) is 36.5 Å². The van der Waals surface area contributed by atoms with Crippen LogP contribution in [0.25, 0.3) is 0 Å². The zero-order valence-corrected chi connectivity index (χ0v) is 15.8. The van der Waals surface area contributed by atoms with Crippen LogP contribution in [0.2, 0.25) is 0 Å². The average molecular weight is 369 g/mol. The van der Waals surface area contributed by atoms with Gasteiger partial charge in [0.1, 0.15) is 0 Å². The number of hydrogen-bond donors (Lipinski definition) is 0. The van der Waals surface area contributed by atoms with Gasteiger partial charge >= 0.3 is 0 Å². The number of aryl methyl sites for hydroxylation is 1. The van der Waals surface area contributed by atoms with Crippen molar-refractivity contribution in [2.45, 2.75) is 6.92 Å². The fourth-order valence-electron chi connectivity index (χ4n) is 3.04. The van der Waals surface area contributed by atoms with Crippen molar-refractivity contribution in [1.82, 2.24) is 14.8 Å². The van der Waals surface area contributed by atoms with Crippen LogP contribution >= 0.6 is 0 Å². The van der Waals surface area contributed by atoms with Crippen LogP contribution < -0.4 is 9.47 Å². The molecule has 0 atom stereocenters. The molecule has 0 radical (unpaired) electrons. The second kappa shape index (κ2) is 8.07. The number of carbonyl (C=O) groups excluding carboxylic acids is 2. The van der Waals surface area contributed by atoms with E-state index in [9.17, 15) is 9.59 Å². The van der Waals surface area contributed by atoms with E-state index in [1.807, 2.05) is 13.0 Å². The highest BCUT2D eigenvalue weighted by atomic mass is 16.5. The Hall–Kier alpha value is -3.09. The fraction of sp³-hybridized carbons (Fsp3) is 0.350. The molecule has 2 heterocycles. The summed E-state index contributed by atoms with van der Waals surface area (Å²) in [6.07, 6.45) is 1.60. The van der Waals surface area contributed by atoms with E-state index in [1.165, 1.54) is 7.11 Å².